The Morgan fingerprint density at radius 1 is 1.37 bits per heavy atom. The van der Waals surface area contributed by atoms with E-state index in [1.807, 2.05) is 0 Å². The zero-order chi connectivity index (χ0) is 13.7. The van der Waals surface area contributed by atoms with Crippen LogP contribution in [-0.2, 0) is 6.54 Å². The van der Waals surface area contributed by atoms with E-state index in [2.05, 4.69) is 35.7 Å². The van der Waals surface area contributed by atoms with Crippen LogP contribution in [-0.4, -0.2) is 33.8 Å². The van der Waals surface area contributed by atoms with Gasteiger partial charge in [0.05, 0.1) is 11.7 Å². The second-order valence-corrected chi connectivity index (χ2v) is 5.61. The quantitative estimate of drug-likeness (QED) is 0.859. The minimum Gasteiger partial charge on any atom is -0.329 e. The number of hydrogen-bond donors (Lipinski definition) is 1. The molecule has 0 saturated carbocycles. The van der Waals surface area contributed by atoms with Gasteiger partial charge in [0.1, 0.15) is 0 Å². The molecule has 0 aromatic carbocycles. The Morgan fingerprint density at radius 3 is 2.84 bits per heavy atom. The Balaban J connectivity index is 1.98. The summed E-state index contributed by atoms with van der Waals surface area (Å²) in [6.07, 6.45) is 8.28. The fraction of sp³-hybridized carbons (Fsp3) is 0.800. The van der Waals surface area contributed by atoms with Gasteiger partial charge in [-0.1, -0.05) is 20.3 Å². The molecule has 1 aromatic rings. The summed E-state index contributed by atoms with van der Waals surface area (Å²) >= 11 is 0. The molecule has 0 amide bonds. The smallest absolute Gasteiger partial charge is 0.0765 e. The van der Waals surface area contributed by atoms with E-state index in [1.165, 1.54) is 31.5 Å². The Bertz CT molecular complexity index is 370. The predicted molar refractivity (Wildman–Crippen MR) is 78.9 cm³/mol. The molecule has 1 saturated heterocycles. The lowest BCUT2D eigenvalue weighted by Gasteiger charge is -2.34. The standard InChI is InChI=1S/C15H28N4/c1-3-14(4-2)19-10-8-13(17-19)12-18-9-6-5-7-15(18)11-16/h8,10,14-15H,3-7,9,11-12,16H2,1-2H3. The summed E-state index contributed by atoms with van der Waals surface area (Å²) in [6.45, 7) is 7.34. The van der Waals surface area contributed by atoms with Gasteiger partial charge in [-0.2, -0.15) is 5.10 Å². The molecule has 4 nitrogen and oxygen atoms in total. The van der Waals surface area contributed by atoms with Crippen LogP contribution < -0.4 is 5.73 Å². The topological polar surface area (TPSA) is 47.1 Å². The van der Waals surface area contributed by atoms with E-state index < -0.39 is 0 Å². The first-order chi connectivity index (χ1) is 9.28. The first kappa shape index (κ1) is 14.5. The van der Waals surface area contributed by atoms with Gasteiger partial charge < -0.3 is 5.73 Å². The molecule has 19 heavy (non-hydrogen) atoms. The molecule has 1 unspecified atom stereocenters. The third-order valence-electron chi connectivity index (χ3n) is 4.37. The van der Waals surface area contributed by atoms with Gasteiger partial charge in [-0.15, -0.1) is 0 Å². The SMILES string of the molecule is CCC(CC)n1ccc(CN2CCCCC2CN)n1. The van der Waals surface area contributed by atoms with Crippen LogP contribution >= 0.6 is 0 Å². The number of hydrogen-bond acceptors (Lipinski definition) is 3. The van der Waals surface area contributed by atoms with Crippen LogP contribution in [0.15, 0.2) is 12.3 Å². The molecule has 2 N–H and O–H groups in total. The van der Waals surface area contributed by atoms with E-state index in [0.717, 1.165) is 25.9 Å². The fourth-order valence-corrected chi connectivity index (χ4v) is 3.07. The Morgan fingerprint density at radius 2 is 2.16 bits per heavy atom. The van der Waals surface area contributed by atoms with E-state index in [-0.39, 0.29) is 0 Å². The van der Waals surface area contributed by atoms with Crippen LogP contribution in [0.5, 0.6) is 0 Å². The number of nitrogens with two attached hydrogens (primary N) is 1. The molecule has 2 heterocycles. The summed E-state index contributed by atoms with van der Waals surface area (Å²) in [7, 11) is 0. The summed E-state index contributed by atoms with van der Waals surface area (Å²) in [6, 6.07) is 3.26. The molecule has 0 spiro atoms. The monoisotopic (exact) mass is 264 g/mol. The second kappa shape index (κ2) is 7.06. The second-order valence-electron chi connectivity index (χ2n) is 5.61. The molecule has 1 fully saturated rings. The molecule has 0 aliphatic carbocycles. The Kier molecular flexibility index (Phi) is 5.40. The van der Waals surface area contributed by atoms with Gasteiger partial charge in [0.25, 0.3) is 0 Å². The first-order valence-electron chi connectivity index (χ1n) is 7.76. The third kappa shape index (κ3) is 3.57. The van der Waals surface area contributed by atoms with Crippen LogP contribution in [0.1, 0.15) is 57.7 Å². The molecule has 1 aliphatic rings. The van der Waals surface area contributed by atoms with Crippen LogP contribution in [0.2, 0.25) is 0 Å². The maximum Gasteiger partial charge on any atom is 0.0765 e. The highest BCUT2D eigenvalue weighted by Crippen LogP contribution is 2.19. The van der Waals surface area contributed by atoms with Crippen molar-refractivity contribution < 1.29 is 0 Å². The van der Waals surface area contributed by atoms with Crippen molar-refractivity contribution in [3.63, 3.8) is 0 Å². The van der Waals surface area contributed by atoms with Crippen molar-refractivity contribution in [3.8, 4) is 0 Å². The number of likely N-dealkylation sites (tertiary alicyclic amines) is 1. The van der Waals surface area contributed by atoms with Gasteiger partial charge in [-0.05, 0) is 38.3 Å². The fourth-order valence-electron chi connectivity index (χ4n) is 3.07. The lowest BCUT2D eigenvalue weighted by Crippen LogP contribution is -2.43. The van der Waals surface area contributed by atoms with Crippen molar-refractivity contribution in [1.82, 2.24) is 14.7 Å². The van der Waals surface area contributed by atoms with Crippen LogP contribution in [0.4, 0.5) is 0 Å². The van der Waals surface area contributed by atoms with Crippen molar-refractivity contribution in [2.75, 3.05) is 13.1 Å². The van der Waals surface area contributed by atoms with Crippen molar-refractivity contribution in [2.24, 2.45) is 5.73 Å². The van der Waals surface area contributed by atoms with E-state index >= 15 is 0 Å². The largest absolute Gasteiger partial charge is 0.329 e. The summed E-state index contributed by atoms with van der Waals surface area (Å²) in [5.41, 5.74) is 7.06. The summed E-state index contributed by atoms with van der Waals surface area (Å²) in [5, 5.41) is 4.75. The number of nitrogens with zero attached hydrogens (tertiary/aromatic N) is 3. The molecule has 1 atom stereocenters. The molecule has 1 aromatic heterocycles. The van der Waals surface area contributed by atoms with Gasteiger partial charge in [-0.25, -0.2) is 0 Å². The molecular formula is C15H28N4. The van der Waals surface area contributed by atoms with Gasteiger partial charge in [0, 0.05) is 25.3 Å². The van der Waals surface area contributed by atoms with E-state index in [1.54, 1.807) is 0 Å². The van der Waals surface area contributed by atoms with Gasteiger partial charge >= 0.3 is 0 Å². The van der Waals surface area contributed by atoms with Crippen LogP contribution in [0.25, 0.3) is 0 Å². The Hall–Kier alpha value is -0.870. The number of rotatable bonds is 6. The maximum atomic E-state index is 5.88. The minimum atomic E-state index is 0.542. The molecular weight excluding hydrogens is 236 g/mol. The number of aromatic nitrogens is 2. The van der Waals surface area contributed by atoms with E-state index in [4.69, 9.17) is 10.8 Å². The summed E-state index contributed by atoms with van der Waals surface area (Å²) in [5.74, 6) is 0. The minimum absolute atomic E-state index is 0.542. The van der Waals surface area contributed by atoms with Crippen molar-refractivity contribution >= 4 is 0 Å². The molecule has 108 valence electrons. The van der Waals surface area contributed by atoms with E-state index in [9.17, 15) is 0 Å². The summed E-state index contributed by atoms with van der Waals surface area (Å²) in [4.78, 5) is 2.50. The van der Waals surface area contributed by atoms with Gasteiger partial charge in [0.2, 0.25) is 0 Å². The van der Waals surface area contributed by atoms with Crippen molar-refractivity contribution in [2.45, 2.75) is 64.6 Å². The zero-order valence-electron chi connectivity index (χ0n) is 12.4. The summed E-state index contributed by atoms with van der Waals surface area (Å²) < 4.78 is 2.14. The van der Waals surface area contributed by atoms with Gasteiger partial charge in [0.15, 0.2) is 0 Å². The molecule has 1 aliphatic heterocycles. The predicted octanol–water partition coefficient (Wildman–Crippen LogP) is 2.56. The molecule has 4 heteroatoms. The van der Waals surface area contributed by atoms with Gasteiger partial charge in [-0.3, -0.25) is 9.58 Å². The third-order valence-corrected chi connectivity index (χ3v) is 4.37. The average molecular weight is 264 g/mol. The lowest BCUT2D eigenvalue weighted by atomic mass is 10.0. The zero-order valence-corrected chi connectivity index (χ0v) is 12.4. The van der Waals surface area contributed by atoms with Crippen LogP contribution in [0.3, 0.4) is 0 Å². The lowest BCUT2D eigenvalue weighted by molar-refractivity contribution is 0.142. The number of piperidine rings is 1. The van der Waals surface area contributed by atoms with Crippen molar-refractivity contribution in [1.29, 1.82) is 0 Å². The molecule has 0 radical (unpaired) electrons. The van der Waals surface area contributed by atoms with Crippen LogP contribution in [0, 0.1) is 0 Å². The highest BCUT2D eigenvalue weighted by atomic mass is 15.3. The maximum absolute atomic E-state index is 5.88. The highest BCUT2D eigenvalue weighted by molar-refractivity contribution is 5.00. The Labute approximate surface area is 117 Å². The van der Waals surface area contributed by atoms with Crippen molar-refractivity contribution in [3.05, 3.63) is 18.0 Å². The first-order valence-corrected chi connectivity index (χ1v) is 7.76. The normalized spacial score (nSPS) is 21.2. The molecule has 0 bridgehead atoms. The highest BCUT2D eigenvalue weighted by Gasteiger charge is 2.21. The van der Waals surface area contributed by atoms with E-state index in [0.29, 0.717) is 12.1 Å². The average Bonchev–Trinajstić information content (AvgIpc) is 2.89. The molecule has 2 rings (SSSR count).